The molecule has 4 heteroatoms. The van der Waals surface area contributed by atoms with E-state index < -0.39 is 0 Å². The highest BCUT2D eigenvalue weighted by molar-refractivity contribution is 5.73. The summed E-state index contributed by atoms with van der Waals surface area (Å²) in [5, 5.41) is 2.90. The molecule has 0 saturated carbocycles. The standard InChI is InChI=1S/C13H16FNO2/c1-9(16)15-12-6-7-17-13(8-12)10-2-4-11(14)5-3-10/h2-5,12-13H,6-8H2,1H3,(H,15,16)/t12-,13+/m1/s1. The van der Waals surface area contributed by atoms with E-state index >= 15 is 0 Å². The van der Waals surface area contributed by atoms with Crippen LogP contribution in [0.25, 0.3) is 0 Å². The number of halogens is 1. The van der Waals surface area contributed by atoms with Crippen LogP contribution >= 0.6 is 0 Å². The van der Waals surface area contributed by atoms with Crippen molar-refractivity contribution in [1.29, 1.82) is 0 Å². The summed E-state index contributed by atoms with van der Waals surface area (Å²) in [5.41, 5.74) is 0.960. The van der Waals surface area contributed by atoms with Crippen molar-refractivity contribution < 1.29 is 13.9 Å². The van der Waals surface area contributed by atoms with Crippen LogP contribution in [0.2, 0.25) is 0 Å². The van der Waals surface area contributed by atoms with E-state index in [9.17, 15) is 9.18 Å². The second kappa shape index (κ2) is 5.27. The Morgan fingerprint density at radius 3 is 2.76 bits per heavy atom. The lowest BCUT2D eigenvalue weighted by molar-refractivity contribution is -0.120. The fourth-order valence-electron chi connectivity index (χ4n) is 2.13. The number of ether oxygens (including phenoxy) is 1. The summed E-state index contributed by atoms with van der Waals surface area (Å²) in [6, 6.07) is 6.48. The lowest BCUT2D eigenvalue weighted by Gasteiger charge is -2.30. The first-order chi connectivity index (χ1) is 8.15. The van der Waals surface area contributed by atoms with Crippen molar-refractivity contribution in [1.82, 2.24) is 5.32 Å². The molecule has 0 aromatic heterocycles. The Kier molecular flexibility index (Phi) is 3.74. The van der Waals surface area contributed by atoms with Crippen molar-refractivity contribution in [3.05, 3.63) is 35.6 Å². The van der Waals surface area contributed by atoms with Gasteiger partial charge in [0.2, 0.25) is 5.91 Å². The first-order valence-electron chi connectivity index (χ1n) is 5.79. The summed E-state index contributed by atoms with van der Waals surface area (Å²) in [7, 11) is 0. The van der Waals surface area contributed by atoms with Crippen LogP contribution in [0.3, 0.4) is 0 Å². The third kappa shape index (κ3) is 3.27. The number of amides is 1. The highest BCUT2D eigenvalue weighted by Gasteiger charge is 2.24. The smallest absolute Gasteiger partial charge is 0.217 e. The second-order valence-corrected chi connectivity index (χ2v) is 4.33. The van der Waals surface area contributed by atoms with Crippen molar-refractivity contribution >= 4 is 5.91 Å². The molecule has 0 spiro atoms. The zero-order valence-electron chi connectivity index (χ0n) is 9.78. The molecule has 2 atom stereocenters. The molecule has 1 aliphatic rings. The van der Waals surface area contributed by atoms with Gasteiger partial charge in [-0.25, -0.2) is 4.39 Å². The molecule has 1 saturated heterocycles. The predicted octanol–water partition coefficient (Wildman–Crippen LogP) is 2.18. The zero-order valence-corrected chi connectivity index (χ0v) is 9.78. The molecule has 0 unspecified atom stereocenters. The van der Waals surface area contributed by atoms with Gasteiger partial charge in [-0.3, -0.25) is 4.79 Å². The van der Waals surface area contributed by atoms with Gasteiger partial charge >= 0.3 is 0 Å². The average molecular weight is 237 g/mol. The summed E-state index contributed by atoms with van der Waals surface area (Å²) >= 11 is 0. The third-order valence-corrected chi connectivity index (χ3v) is 2.93. The first kappa shape index (κ1) is 12.0. The number of nitrogens with one attached hydrogen (secondary N) is 1. The van der Waals surface area contributed by atoms with Gasteiger partial charge in [-0.1, -0.05) is 12.1 Å². The lowest BCUT2D eigenvalue weighted by atomic mass is 9.97. The summed E-state index contributed by atoms with van der Waals surface area (Å²) < 4.78 is 18.4. The average Bonchev–Trinajstić information content (AvgIpc) is 2.29. The van der Waals surface area contributed by atoms with Crippen molar-refractivity contribution in [3.63, 3.8) is 0 Å². The predicted molar refractivity (Wildman–Crippen MR) is 61.9 cm³/mol. The Hall–Kier alpha value is -1.42. The quantitative estimate of drug-likeness (QED) is 0.856. The number of rotatable bonds is 2. The van der Waals surface area contributed by atoms with Crippen molar-refractivity contribution in [3.8, 4) is 0 Å². The molecule has 1 amide bonds. The van der Waals surface area contributed by atoms with E-state index in [2.05, 4.69) is 5.32 Å². The molecule has 1 fully saturated rings. The van der Waals surface area contributed by atoms with Crippen LogP contribution in [0, 0.1) is 5.82 Å². The molecule has 92 valence electrons. The Morgan fingerprint density at radius 2 is 2.12 bits per heavy atom. The molecule has 1 heterocycles. The maximum Gasteiger partial charge on any atom is 0.217 e. The molecule has 0 radical (unpaired) electrons. The molecule has 1 aliphatic heterocycles. The lowest BCUT2D eigenvalue weighted by Crippen LogP contribution is -2.38. The van der Waals surface area contributed by atoms with Crippen LogP contribution in [-0.2, 0) is 9.53 Å². The van der Waals surface area contributed by atoms with Gasteiger partial charge < -0.3 is 10.1 Å². The Labute approximate surface area is 100.0 Å². The van der Waals surface area contributed by atoms with E-state index in [0.29, 0.717) is 6.61 Å². The molecular weight excluding hydrogens is 221 g/mol. The van der Waals surface area contributed by atoms with Gasteiger partial charge in [-0.05, 0) is 30.5 Å². The molecule has 0 bridgehead atoms. The third-order valence-electron chi connectivity index (χ3n) is 2.93. The van der Waals surface area contributed by atoms with E-state index in [1.54, 1.807) is 12.1 Å². The summed E-state index contributed by atoms with van der Waals surface area (Å²) in [6.07, 6.45) is 1.52. The molecule has 1 aromatic carbocycles. The van der Waals surface area contributed by atoms with E-state index in [0.717, 1.165) is 18.4 Å². The number of hydrogen-bond acceptors (Lipinski definition) is 2. The topological polar surface area (TPSA) is 38.3 Å². The fraction of sp³-hybridized carbons (Fsp3) is 0.462. The van der Waals surface area contributed by atoms with Crippen molar-refractivity contribution in [2.24, 2.45) is 0 Å². The van der Waals surface area contributed by atoms with Gasteiger partial charge in [0.05, 0.1) is 6.10 Å². The Bertz CT molecular complexity index is 391. The number of carbonyl (C=O) groups is 1. The maximum absolute atomic E-state index is 12.8. The molecule has 0 aliphatic carbocycles. The number of hydrogen-bond donors (Lipinski definition) is 1. The van der Waals surface area contributed by atoms with Crippen LogP contribution in [0.15, 0.2) is 24.3 Å². The van der Waals surface area contributed by atoms with Gasteiger partial charge in [-0.15, -0.1) is 0 Å². The van der Waals surface area contributed by atoms with Crippen LogP contribution in [0.1, 0.15) is 31.4 Å². The fourth-order valence-corrected chi connectivity index (χ4v) is 2.13. The normalized spacial score (nSPS) is 24.4. The van der Waals surface area contributed by atoms with E-state index in [-0.39, 0.29) is 23.9 Å². The molecule has 2 rings (SSSR count). The monoisotopic (exact) mass is 237 g/mol. The maximum atomic E-state index is 12.8. The van der Waals surface area contributed by atoms with Crippen molar-refractivity contribution in [2.45, 2.75) is 31.9 Å². The minimum Gasteiger partial charge on any atom is -0.373 e. The minimum atomic E-state index is -0.247. The number of carbonyl (C=O) groups excluding carboxylic acids is 1. The summed E-state index contributed by atoms with van der Waals surface area (Å²) in [6.45, 7) is 2.13. The van der Waals surface area contributed by atoms with Crippen molar-refractivity contribution in [2.75, 3.05) is 6.61 Å². The minimum absolute atomic E-state index is 0.0187. The van der Waals surface area contributed by atoms with E-state index in [1.165, 1.54) is 19.1 Å². The van der Waals surface area contributed by atoms with Crippen LogP contribution in [0.4, 0.5) is 4.39 Å². The first-order valence-corrected chi connectivity index (χ1v) is 5.79. The highest BCUT2D eigenvalue weighted by Crippen LogP contribution is 2.28. The van der Waals surface area contributed by atoms with Crippen LogP contribution in [-0.4, -0.2) is 18.6 Å². The SMILES string of the molecule is CC(=O)N[C@@H]1CCO[C@H](c2ccc(F)cc2)C1. The number of benzene rings is 1. The molecule has 1 N–H and O–H groups in total. The second-order valence-electron chi connectivity index (χ2n) is 4.33. The van der Waals surface area contributed by atoms with Gasteiger partial charge in [-0.2, -0.15) is 0 Å². The Balaban J connectivity index is 2.01. The molecule has 17 heavy (non-hydrogen) atoms. The van der Waals surface area contributed by atoms with Gasteiger partial charge in [0.25, 0.3) is 0 Å². The molecule has 1 aromatic rings. The van der Waals surface area contributed by atoms with Gasteiger partial charge in [0, 0.05) is 19.6 Å². The summed E-state index contributed by atoms with van der Waals surface area (Å²) in [5.74, 6) is -0.266. The van der Waals surface area contributed by atoms with E-state index in [1.807, 2.05) is 0 Å². The zero-order chi connectivity index (χ0) is 12.3. The van der Waals surface area contributed by atoms with Gasteiger partial charge in [0.1, 0.15) is 5.82 Å². The van der Waals surface area contributed by atoms with Crippen LogP contribution in [0.5, 0.6) is 0 Å². The van der Waals surface area contributed by atoms with E-state index in [4.69, 9.17) is 4.74 Å². The molecular formula is C13H16FNO2. The largest absolute Gasteiger partial charge is 0.373 e. The summed E-state index contributed by atoms with van der Waals surface area (Å²) in [4.78, 5) is 11.0. The van der Waals surface area contributed by atoms with Gasteiger partial charge in [0.15, 0.2) is 0 Å². The Morgan fingerprint density at radius 1 is 1.41 bits per heavy atom. The highest BCUT2D eigenvalue weighted by atomic mass is 19.1. The molecule has 3 nitrogen and oxygen atoms in total. The van der Waals surface area contributed by atoms with Crippen LogP contribution < -0.4 is 5.32 Å².